The maximum atomic E-state index is 13.3. The Morgan fingerprint density at radius 3 is 2.89 bits per heavy atom. The van der Waals surface area contributed by atoms with E-state index < -0.39 is 11.9 Å². The van der Waals surface area contributed by atoms with Crippen molar-refractivity contribution in [1.29, 1.82) is 0 Å². The lowest BCUT2D eigenvalue weighted by molar-refractivity contribution is 0.139. The Hall–Kier alpha value is -1.82. The molecule has 0 aliphatic carbocycles. The van der Waals surface area contributed by atoms with Crippen molar-refractivity contribution in [3.8, 4) is 5.75 Å². The molecule has 0 radical (unpaired) electrons. The molecule has 0 aliphatic heterocycles. The average Bonchev–Trinajstić information content (AvgIpc) is 2.37. The summed E-state index contributed by atoms with van der Waals surface area (Å²) in [4.78, 5) is 11.2. The highest BCUT2D eigenvalue weighted by Crippen LogP contribution is 2.17. The summed E-state index contributed by atoms with van der Waals surface area (Å²) in [5.41, 5.74) is 5.84. The number of carbonyl (C=O) groups is 1. The summed E-state index contributed by atoms with van der Waals surface area (Å²) in [5.74, 6) is -0.326. The van der Waals surface area contributed by atoms with Crippen molar-refractivity contribution in [3.05, 3.63) is 29.6 Å². The standard InChI is InChI=1S/C12H17FN2O3/c1-17-11-4-3-9(7-10(11)13)8-18-12(16)15-6-2-5-14/h3-4,7H,2,5-6,8,14H2,1H3,(H,15,16). The van der Waals surface area contributed by atoms with Crippen LogP contribution in [0.1, 0.15) is 12.0 Å². The van der Waals surface area contributed by atoms with E-state index in [0.717, 1.165) is 0 Å². The molecule has 0 fully saturated rings. The Kier molecular flexibility index (Phi) is 5.93. The van der Waals surface area contributed by atoms with E-state index in [9.17, 15) is 9.18 Å². The van der Waals surface area contributed by atoms with Gasteiger partial charge >= 0.3 is 6.09 Å². The van der Waals surface area contributed by atoms with Crippen molar-refractivity contribution in [2.24, 2.45) is 5.73 Å². The molecule has 0 aliphatic rings. The van der Waals surface area contributed by atoms with Crippen LogP contribution in [-0.4, -0.2) is 26.3 Å². The Morgan fingerprint density at radius 2 is 2.28 bits per heavy atom. The van der Waals surface area contributed by atoms with Crippen LogP contribution in [0.4, 0.5) is 9.18 Å². The molecule has 5 nitrogen and oxygen atoms in total. The van der Waals surface area contributed by atoms with Gasteiger partial charge in [-0.25, -0.2) is 9.18 Å². The van der Waals surface area contributed by atoms with Crippen LogP contribution in [0.5, 0.6) is 5.75 Å². The first kappa shape index (κ1) is 14.2. The van der Waals surface area contributed by atoms with E-state index in [2.05, 4.69) is 5.32 Å². The third-order valence-corrected chi connectivity index (χ3v) is 2.24. The molecule has 1 rings (SSSR count). The summed E-state index contributed by atoms with van der Waals surface area (Å²) in [6, 6.07) is 4.39. The number of rotatable bonds is 6. The van der Waals surface area contributed by atoms with Crippen molar-refractivity contribution in [1.82, 2.24) is 5.32 Å². The molecule has 0 unspecified atom stereocenters. The molecular weight excluding hydrogens is 239 g/mol. The molecule has 1 amide bonds. The minimum Gasteiger partial charge on any atom is -0.494 e. The Labute approximate surface area is 105 Å². The van der Waals surface area contributed by atoms with E-state index in [0.29, 0.717) is 25.1 Å². The summed E-state index contributed by atoms with van der Waals surface area (Å²) >= 11 is 0. The summed E-state index contributed by atoms with van der Waals surface area (Å²) in [6.07, 6.45) is 0.145. The van der Waals surface area contributed by atoms with Crippen molar-refractivity contribution in [3.63, 3.8) is 0 Å². The third kappa shape index (κ3) is 4.58. The van der Waals surface area contributed by atoms with Crippen LogP contribution in [0, 0.1) is 5.82 Å². The quantitative estimate of drug-likeness (QED) is 0.755. The molecule has 1 aromatic rings. The number of amides is 1. The summed E-state index contributed by atoms with van der Waals surface area (Å²) < 4.78 is 23.0. The molecule has 0 saturated heterocycles. The lowest BCUT2D eigenvalue weighted by Gasteiger charge is -2.07. The number of nitrogens with one attached hydrogen (secondary N) is 1. The number of hydrogen-bond donors (Lipinski definition) is 2. The van der Waals surface area contributed by atoms with Crippen molar-refractivity contribution in [2.75, 3.05) is 20.2 Å². The molecule has 100 valence electrons. The predicted octanol–water partition coefficient (Wildman–Crippen LogP) is 1.41. The van der Waals surface area contributed by atoms with Gasteiger partial charge in [0.15, 0.2) is 11.6 Å². The number of nitrogens with two attached hydrogens (primary N) is 1. The SMILES string of the molecule is COc1ccc(COC(=O)NCCCN)cc1F. The second kappa shape index (κ2) is 7.50. The van der Waals surface area contributed by atoms with Crippen LogP contribution in [0.3, 0.4) is 0 Å². The van der Waals surface area contributed by atoms with Gasteiger partial charge in [0.05, 0.1) is 7.11 Å². The Balaban J connectivity index is 2.39. The number of hydrogen-bond acceptors (Lipinski definition) is 4. The molecule has 1 aromatic carbocycles. The zero-order valence-corrected chi connectivity index (χ0v) is 10.2. The summed E-state index contributed by atoms with van der Waals surface area (Å²) in [7, 11) is 1.39. The molecule has 0 aromatic heterocycles. The van der Waals surface area contributed by atoms with E-state index in [1.165, 1.54) is 19.2 Å². The van der Waals surface area contributed by atoms with Crippen LogP contribution in [0.2, 0.25) is 0 Å². The number of benzene rings is 1. The zero-order valence-electron chi connectivity index (χ0n) is 10.2. The maximum Gasteiger partial charge on any atom is 0.407 e. The molecule has 18 heavy (non-hydrogen) atoms. The second-order valence-corrected chi connectivity index (χ2v) is 3.61. The Morgan fingerprint density at radius 1 is 1.50 bits per heavy atom. The highest BCUT2D eigenvalue weighted by Gasteiger charge is 2.06. The number of carbonyl (C=O) groups excluding carboxylic acids is 1. The van der Waals surface area contributed by atoms with Gasteiger partial charge in [0.25, 0.3) is 0 Å². The first-order valence-electron chi connectivity index (χ1n) is 5.60. The molecular formula is C12H17FN2O3. The number of alkyl carbamates (subject to hydrolysis) is 1. The fourth-order valence-corrected chi connectivity index (χ4v) is 1.29. The summed E-state index contributed by atoms with van der Waals surface area (Å²) in [5, 5.41) is 2.53. The van der Waals surface area contributed by atoms with Gasteiger partial charge in [0.1, 0.15) is 6.61 Å². The van der Waals surface area contributed by atoms with Gasteiger partial charge < -0.3 is 20.5 Å². The second-order valence-electron chi connectivity index (χ2n) is 3.61. The minimum absolute atomic E-state index is 0.00930. The average molecular weight is 256 g/mol. The van der Waals surface area contributed by atoms with Gasteiger partial charge in [0.2, 0.25) is 0 Å². The zero-order chi connectivity index (χ0) is 13.4. The van der Waals surface area contributed by atoms with Gasteiger partial charge in [-0.3, -0.25) is 0 Å². The number of methoxy groups -OCH3 is 1. The Bertz CT molecular complexity index is 399. The predicted molar refractivity (Wildman–Crippen MR) is 64.8 cm³/mol. The summed E-state index contributed by atoms with van der Waals surface area (Å²) in [6.45, 7) is 0.978. The lowest BCUT2D eigenvalue weighted by Crippen LogP contribution is -2.26. The van der Waals surface area contributed by atoms with Gasteiger partial charge in [-0.1, -0.05) is 6.07 Å². The smallest absolute Gasteiger partial charge is 0.407 e. The van der Waals surface area contributed by atoms with Crippen LogP contribution in [0.15, 0.2) is 18.2 Å². The molecule has 0 spiro atoms. The molecule has 0 atom stereocenters. The van der Waals surface area contributed by atoms with E-state index in [1.54, 1.807) is 6.07 Å². The molecule has 6 heteroatoms. The van der Waals surface area contributed by atoms with E-state index in [1.807, 2.05) is 0 Å². The molecule has 3 N–H and O–H groups in total. The van der Waals surface area contributed by atoms with Gasteiger partial charge in [-0.2, -0.15) is 0 Å². The lowest BCUT2D eigenvalue weighted by atomic mass is 10.2. The fraction of sp³-hybridized carbons (Fsp3) is 0.417. The normalized spacial score (nSPS) is 9.94. The molecule has 0 saturated carbocycles. The van der Waals surface area contributed by atoms with Crippen LogP contribution in [0.25, 0.3) is 0 Å². The monoisotopic (exact) mass is 256 g/mol. The van der Waals surface area contributed by atoms with Crippen molar-refractivity contribution in [2.45, 2.75) is 13.0 Å². The fourth-order valence-electron chi connectivity index (χ4n) is 1.29. The van der Waals surface area contributed by atoms with E-state index in [-0.39, 0.29) is 12.4 Å². The first-order chi connectivity index (χ1) is 8.67. The number of ether oxygens (including phenoxy) is 2. The van der Waals surface area contributed by atoms with E-state index in [4.69, 9.17) is 15.2 Å². The largest absolute Gasteiger partial charge is 0.494 e. The molecule has 0 bridgehead atoms. The van der Waals surface area contributed by atoms with Crippen LogP contribution >= 0.6 is 0 Å². The third-order valence-electron chi connectivity index (χ3n) is 2.24. The van der Waals surface area contributed by atoms with Gasteiger partial charge in [-0.05, 0) is 30.7 Å². The van der Waals surface area contributed by atoms with Crippen LogP contribution in [-0.2, 0) is 11.3 Å². The highest BCUT2D eigenvalue weighted by molar-refractivity contribution is 5.67. The van der Waals surface area contributed by atoms with E-state index >= 15 is 0 Å². The van der Waals surface area contributed by atoms with Gasteiger partial charge in [-0.15, -0.1) is 0 Å². The maximum absolute atomic E-state index is 13.3. The first-order valence-corrected chi connectivity index (χ1v) is 5.60. The van der Waals surface area contributed by atoms with Crippen molar-refractivity contribution >= 4 is 6.09 Å². The van der Waals surface area contributed by atoms with Crippen molar-refractivity contribution < 1.29 is 18.7 Å². The molecule has 0 heterocycles. The highest BCUT2D eigenvalue weighted by atomic mass is 19.1. The topological polar surface area (TPSA) is 73.6 Å². The number of halogens is 1. The minimum atomic E-state index is -0.542. The van der Waals surface area contributed by atoms with Gasteiger partial charge in [0, 0.05) is 6.54 Å². The van der Waals surface area contributed by atoms with Crippen LogP contribution < -0.4 is 15.8 Å².